The zero-order chi connectivity index (χ0) is 12.3. The zero-order valence-corrected chi connectivity index (χ0v) is 10.4. The maximum atomic E-state index is 11.4. The lowest BCUT2D eigenvalue weighted by Crippen LogP contribution is -2.55. The Morgan fingerprint density at radius 1 is 1.31 bits per heavy atom. The lowest BCUT2D eigenvalue weighted by atomic mass is 9.82. The van der Waals surface area contributed by atoms with E-state index < -0.39 is 11.6 Å². The number of carbonyl (C=O) groups is 1. The summed E-state index contributed by atoms with van der Waals surface area (Å²) in [5.41, 5.74) is -0.402. The topological polar surface area (TPSA) is 60.8 Å². The van der Waals surface area contributed by atoms with Crippen LogP contribution in [0.3, 0.4) is 0 Å². The van der Waals surface area contributed by atoms with Gasteiger partial charge in [0.2, 0.25) is 0 Å². The van der Waals surface area contributed by atoms with Crippen LogP contribution in [0.1, 0.15) is 46.5 Å². The highest BCUT2D eigenvalue weighted by Gasteiger charge is 2.38. The van der Waals surface area contributed by atoms with Crippen LogP contribution >= 0.6 is 0 Å². The molecule has 0 saturated heterocycles. The molecule has 0 unspecified atom stereocenters. The van der Waals surface area contributed by atoms with Crippen molar-refractivity contribution in [1.29, 1.82) is 0 Å². The van der Waals surface area contributed by atoms with Gasteiger partial charge in [-0.2, -0.15) is 0 Å². The molecule has 0 aromatic rings. The molecule has 1 amide bonds. The molecule has 2 N–H and O–H groups in total. The molecule has 4 heteroatoms. The van der Waals surface area contributed by atoms with Crippen molar-refractivity contribution in [2.24, 2.45) is 5.92 Å². The second-order valence-electron chi connectivity index (χ2n) is 5.62. The summed E-state index contributed by atoms with van der Waals surface area (Å²) in [6, 6.07) is -0.0313. The van der Waals surface area contributed by atoms with Crippen LogP contribution in [-0.2, 0) is 0 Å². The summed E-state index contributed by atoms with van der Waals surface area (Å²) < 4.78 is 0. The Morgan fingerprint density at radius 2 is 1.88 bits per heavy atom. The molecule has 1 fully saturated rings. The number of rotatable bonds is 2. The predicted molar refractivity (Wildman–Crippen MR) is 62.4 cm³/mol. The number of hydrogen-bond donors (Lipinski definition) is 2. The van der Waals surface area contributed by atoms with E-state index >= 15 is 0 Å². The van der Waals surface area contributed by atoms with Gasteiger partial charge < -0.3 is 15.1 Å². The van der Waals surface area contributed by atoms with Crippen LogP contribution in [0.4, 0.5) is 4.79 Å². The van der Waals surface area contributed by atoms with Gasteiger partial charge in [0.1, 0.15) is 0 Å². The summed E-state index contributed by atoms with van der Waals surface area (Å²) in [6.07, 6.45) is 3.08. The van der Waals surface area contributed by atoms with Crippen LogP contribution < -0.4 is 0 Å². The van der Waals surface area contributed by atoms with E-state index in [1.807, 2.05) is 20.8 Å². The molecule has 1 rings (SSSR count). The SMILES string of the molecule is CC(C)(C)N(C(=O)O)[C@@H]1CCCC[C@H]1CO. The molecule has 94 valence electrons. The van der Waals surface area contributed by atoms with Crippen molar-refractivity contribution in [3.63, 3.8) is 0 Å². The first-order valence-corrected chi connectivity index (χ1v) is 6.01. The average Bonchev–Trinajstić information content (AvgIpc) is 2.15. The molecule has 0 aromatic carbocycles. The van der Waals surface area contributed by atoms with Gasteiger partial charge in [0.25, 0.3) is 0 Å². The molecule has 0 aliphatic heterocycles. The standard InChI is InChI=1S/C12H23NO3/c1-12(2,3)13(11(15)16)10-7-5-4-6-9(10)8-14/h9-10,14H,4-8H2,1-3H3,(H,15,16)/t9-,10+/m0/s1. The molecule has 0 spiro atoms. The van der Waals surface area contributed by atoms with Crippen molar-refractivity contribution in [2.75, 3.05) is 6.61 Å². The van der Waals surface area contributed by atoms with Crippen molar-refractivity contribution in [2.45, 2.75) is 58.0 Å². The number of nitrogens with zero attached hydrogens (tertiary/aromatic N) is 1. The minimum Gasteiger partial charge on any atom is -0.465 e. The summed E-state index contributed by atoms with van der Waals surface area (Å²) in [5.74, 6) is 0.101. The predicted octanol–water partition coefficient (Wildman–Crippen LogP) is 2.32. The lowest BCUT2D eigenvalue weighted by Gasteiger charge is -2.44. The van der Waals surface area contributed by atoms with E-state index in [0.29, 0.717) is 0 Å². The Balaban J connectivity index is 2.87. The molecule has 1 aliphatic carbocycles. The minimum atomic E-state index is -0.877. The van der Waals surface area contributed by atoms with Crippen LogP contribution in [0.25, 0.3) is 0 Å². The fourth-order valence-electron chi connectivity index (χ4n) is 2.67. The third-order valence-electron chi connectivity index (χ3n) is 3.36. The van der Waals surface area contributed by atoms with Gasteiger partial charge in [0.05, 0.1) is 0 Å². The lowest BCUT2D eigenvalue weighted by molar-refractivity contribution is 0.0167. The van der Waals surface area contributed by atoms with Crippen LogP contribution in [0.15, 0.2) is 0 Å². The Hall–Kier alpha value is -0.770. The van der Waals surface area contributed by atoms with Crippen LogP contribution in [0.2, 0.25) is 0 Å². The van der Waals surface area contributed by atoms with Crippen molar-refractivity contribution < 1.29 is 15.0 Å². The van der Waals surface area contributed by atoms with Crippen molar-refractivity contribution in [3.8, 4) is 0 Å². The first kappa shape index (κ1) is 13.3. The second-order valence-corrected chi connectivity index (χ2v) is 5.62. The molecule has 1 aliphatic rings. The summed E-state index contributed by atoms with van der Waals surface area (Å²) in [4.78, 5) is 12.9. The van der Waals surface area contributed by atoms with E-state index in [1.54, 1.807) is 0 Å². The van der Waals surface area contributed by atoms with E-state index in [1.165, 1.54) is 4.90 Å². The molecule has 0 radical (unpaired) electrons. The van der Waals surface area contributed by atoms with Gasteiger partial charge in [-0.05, 0) is 33.6 Å². The van der Waals surface area contributed by atoms with Gasteiger partial charge in [-0.3, -0.25) is 0 Å². The van der Waals surface area contributed by atoms with Crippen LogP contribution in [-0.4, -0.2) is 39.4 Å². The fourth-order valence-corrected chi connectivity index (χ4v) is 2.67. The van der Waals surface area contributed by atoms with Crippen LogP contribution in [0.5, 0.6) is 0 Å². The van der Waals surface area contributed by atoms with Gasteiger partial charge in [-0.25, -0.2) is 4.79 Å². The Bertz CT molecular complexity index is 247. The molecule has 16 heavy (non-hydrogen) atoms. The number of aliphatic hydroxyl groups excluding tert-OH is 1. The highest BCUT2D eigenvalue weighted by molar-refractivity contribution is 5.66. The zero-order valence-electron chi connectivity index (χ0n) is 10.4. The molecular weight excluding hydrogens is 206 g/mol. The highest BCUT2D eigenvalue weighted by atomic mass is 16.4. The quantitative estimate of drug-likeness (QED) is 0.764. The number of hydrogen-bond acceptors (Lipinski definition) is 2. The largest absolute Gasteiger partial charge is 0.465 e. The van der Waals surface area contributed by atoms with E-state index in [-0.39, 0.29) is 18.6 Å². The molecule has 1 saturated carbocycles. The van der Waals surface area contributed by atoms with E-state index in [2.05, 4.69) is 0 Å². The summed E-state index contributed by atoms with van der Waals surface area (Å²) in [5, 5.41) is 18.7. The molecule has 2 atom stereocenters. The van der Waals surface area contributed by atoms with Crippen molar-refractivity contribution >= 4 is 6.09 Å². The monoisotopic (exact) mass is 229 g/mol. The molecule has 0 aromatic heterocycles. The highest BCUT2D eigenvalue weighted by Crippen LogP contribution is 2.32. The van der Waals surface area contributed by atoms with Gasteiger partial charge in [0.15, 0.2) is 0 Å². The fraction of sp³-hybridized carbons (Fsp3) is 0.917. The van der Waals surface area contributed by atoms with Gasteiger partial charge in [-0.1, -0.05) is 12.8 Å². The van der Waals surface area contributed by atoms with Crippen molar-refractivity contribution in [1.82, 2.24) is 4.90 Å². The van der Waals surface area contributed by atoms with Gasteiger partial charge in [0, 0.05) is 24.1 Å². The van der Waals surface area contributed by atoms with E-state index in [9.17, 15) is 15.0 Å². The number of aliphatic hydroxyl groups is 1. The maximum Gasteiger partial charge on any atom is 0.407 e. The smallest absolute Gasteiger partial charge is 0.407 e. The third kappa shape index (κ3) is 2.88. The first-order valence-electron chi connectivity index (χ1n) is 6.01. The van der Waals surface area contributed by atoms with Gasteiger partial charge >= 0.3 is 6.09 Å². The second kappa shape index (κ2) is 5.04. The molecule has 4 nitrogen and oxygen atoms in total. The Morgan fingerprint density at radius 3 is 2.31 bits per heavy atom. The molecule has 0 bridgehead atoms. The minimum absolute atomic E-state index is 0.0313. The Kier molecular flexibility index (Phi) is 4.19. The van der Waals surface area contributed by atoms with Gasteiger partial charge in [-0.15, -0.1) is 0 Å². The van der Waals surface area contributed by atoms with Crippen LogP contribution in [0, 0.1) is 5.92 Å². The summed E-state index contributed by atoms with van der Waals surface area (Å²) in [6.45, 7) is 5.81. The third-order valence-corrected chi connectivity index (χ3v) is 3.36. The maximum absolute atomic E-state index is 11.4. The first-order chi connectivity index (χ1) is 7.38. The normalized spacial score (nSPS) is 26.5. The van der Waals surface area contributed by atoms with E-state index in [0.717, 1.165) is 25.7 Å². The van der Waals surface area contributed by atoms with Crippen molar-refractivity contribution in [3.05, 3.63) is 0 Å². The Labute approximate surface area is 97.3 Å². The number of carboxylic acid groups (broad SMARTS) is 1. The summed E-state index contributed by atoms with van der Waals surface area (Å²) in [7, 11) is 0. The molecule has 0 heterocycles. The number of amides is 1. The average molecular weight is 229 g/mol. The van der Waals surface area contributed by atoms with E-state index in [4.69, 9.17) is 0 Å². The molecular formula is C12H23NO3. The summed E-state index contributed by atoms with van der Waals surface area (Å²) >= 11 is 0.